The average molecular weight is 255 g/mol. The summed E-state index contributed by atoms with van der Waals surface area (Å²) in [6.45, 7) is 2.15. The summed E-state index contributed by atoms with van der Waals surface area (Å²) in [7, 11) is 1.25. The number of aliphatic hydroxyl groups is 1. The monoisotopic (exact) mass is 255 g/mol. The van der Waals surface area contributed by atoms with E-state index in [1.807, 2.05) is 6.92 Å². The van der Waals surface area contributed by atoms with Gasteiger partial charge in [-0.3, -0.25) is 0 Å². The van der Waals surface area contributed by atoms with Crippen molar-refractivity contribution in [3.8, 4) is 5.88 Å². The first-order valence-electron chi connectivity index (χ1n) is 5.61. The van der Waals surface area contributed by atoms with Gasteiger partial charge in [0.05, 0.1) is 20.3 Å². The van der Waals surface area contributed by atoms with Gasteiger partial charge >= 0.3 is 5.97 Å². The van der Waals surface area contributed by atoms with Crippen molar-refractivity contribution in [2.45, 2.75) is 19.4 Å². The van der Waals surface area contributed by atoms with Crippen molar-refractivity contribution in [2.24, 2.45) is 0 Å². The minimum atomic E-state index is -0.857. The summed E-state index contributed by atoms with van der Waals surface area (Å²) >= 11 is 0. The highest BCUT2D eigenvalue weighted by Crippen LogP contribution is 2.12. The molecule has 7 heteroatoms. The molecule has 0 spiro atoms. The zero-order valence-electron chi connectivity index (χ0n) is 10.4. The lowest BCUT2D eigenvalue weighted by molar-refractivity contribution is -0.142. The van der Waals surface area contributed by atoms with Gasteiger partial charge in [-0.05, 0) is 6.42 Å². The minimum Gasteiger partial charge on any atom is -0.478 e. The van der Waals surface area contributed by atoms with E-state index in [-0.39, 0.29) is 6.61 Å². The summed E-state index contributed by atoms with van der Waals surface area (Å²) in [6, 6.07) is 0.699. The summed E-state index contributed by atoms with van der Waals surface area (Å²) in [4.78, 5) is 19.1. The standard InChI is InChI=1S/C11H17N3O4/c1-3-4-18-10-5-9(12-7-13-10)14-8(6-15)11(16)17-2/h5,7-8,15H,3-4,6H2,1-2H3,(H,12,13,14). The maximum absolute atomic E-state index is 11.3. The number of rotatable bonds is 7. The molecule has 0 saturated heterocycles. The van der Waals surface area contributed by atoms with Crippen molar-refractivity contribution < 1.29 is 19.4 Å². The van der Waals surface area contributed by atoms with Gasteiger partial charge in [-0.1, -0.05) is 6.92 Å². The zero-order valence-corrected chi connectivity index (χ0v) is 10.4. The van der Waals surface area contributed by atoms with Gasteiger partial charge in [-0.2, -0.15) is 0 Å². The topological polar surface area (TPSA) is 93.6 Å². The first-order valence-corrected chi connectivity index (χ1v) is 5.61. The number of nitrogens with zero attached hydrogens (tertiary/aromatic N) is 2. The van der Waals surface area contributed by atoms with Gasteiger partial charge in [0.2, 0.25) is 5.88 Å². The molecule has 0 saturated carbocycles. The van der Waals surface area contributed by atoms with Crippen LogP contribution in [0.2, 0.25) is 0 Å². The van der Waals surface area contributed by atoms with Crippen molar-refractivity contribution in [1.29, 1.82) is 0 Å². The molecule has 0 aliphatic carbocycles. The number of hydrogen-bond acceptors (Lipinski definition) is 7. The third-order valence-corrected chi connectivity index (χ3v) is 2.09. The van der Waals surface area contributed by atoms with Gasteiger partial charge in [0.1, 0.15) is 18.2 Å². The molecule has 1 aromatic rings. The highest BCUT2D eigenvalue weighted by molar-refractivity contribution is 5.78. The Morgan fingerprint density at radius 3 is 2.94 bits per heavy atom. The normalized spacial score (nSPS) is 11.7. The number of methoxy groups -OCH3 is 1. The largest absolute Gasteiger partial charge is 0.478 e. The number of anilines is 1. The number of hydrogen-bond donors (Lipinski definition) is 2. The molecule has 18 heavy (non-hydrogen) atoms. The highest BCUT2D eigenvalue weighted by atomic mass is 16.5. The molecule has 1 heterocycles. The van der Waals surface area contributed by atoms with E-state index in [1.165, 1.54) is 13.4 Å². The number of nitrogens with one attached hydrogen (secondary N) is 1. The Balaban J connectivity index is 2.68. The van der Waals surface area contributed by atoms with Crippen LogP contribution in [0.4, 0.5) is 5.82 Å². The third-order valence-electron chi connectivity index (χ3n) is 2.09. The molecule has 1 aromatic heterocycles. The first kappa shape index (κ1) is 14.2. The van der Waals surface area contributed by atoms with E-state index in [1.54, 1.807) is 6.07 Å². The van der Waals surface area contributed by atoms with Crippen molar-refractivity contribution >= 4 is 11.8 Å². The van der Waals surface area contributed by atoms with Crippen molar-refractivity contribution in [2.75, 3.05) is 25.6 Å². The molecular formula is C11H17N3O4. The maximum Gasteiger partial charge on any atom is 0.330 e. The van der Waals surface area contributed by atoms with E-state index in [0.717, 1.165) is 6.42 Å². The lowest BCUT2D eigenvalue weighted by atomic mass is 10.3. The van der Waals surface area contributed by atoms with Crippen molar-refractivity contribution in [3.63, 3.8) is 0 Å². The van der Waals surface area contributed by atoms with Crippen LogP contribution in [-0.2, 0) is 9.53 Å². The Hall–Kier alpha value is -1.89. The molecule has 2 N–H and O–H groups in total. The smallest absolute Gasteiger partial charge is 0.330 e. The van der Waals surface area contributed by atoms with E-state index in [2.05, 4.69) is 20.0 Å². The second-order valence-electron chi connectivity index (χ2n) is 3.49. The molecule has 7 nitrogen and oxygen atoms in total. The SMILES string of the molecule is CCCOc1cc(NC(CO)C(=O)OC)ncn1. The molecule has 0 aromatic carbocycles. The molecule has 1 unspecified atom stereocenters. The van der Waals surface area contributed by atoms with Crippen LogP contribution in [0, 0.1) is 0 Å². The van der Waals surface area contributed by atoms with Gasteiger partial charge in [0.25, 0.3) is 0 Å². The fraction of sp³-hybridized carbons (Fsp3) is 0.545. The number of ether oxygens (including phenoxy) is 2. The summed E-state index contributed by atoms with van der Waals surface area (Å²) < 4.78 is 9.86. The second kappa shape index (κ2) is 7.44. The van der Waals surface area contributed by atoms with Crippen LogP contribution in [0.1, 0.15) is 13.3 Å². The Bertz CT molecular complexity index is 386. The van der Waals surface area contributed by atoms with Crippen LogP contribution < -0.4 is 10.1 Å². The molecule has 0 radical (unpaired) electrons. The molecule has 1 atom stereocenters. The van der Waals surface area contributed by atoms with Gasteiger partial charge < -0.3 is 19.9 Å². The second-order valence-corrected chi connectivity index (χ2v) is 3.49. The van der Waals surface area contributed by atoms with Crippen molar-refractivity contribution in [3.05, 3.63) is 12.4 Å². The van der Waals surface area contributed by atoms with E-state index in [0.29, 0.717) is 18.3 Å². The Morgan fingerprint density at radius 2 is 2.33 bits per heavy atom. The zero-order chi connectivity index (χ0) is 13.4. The number of aliphatic hydroxyl groups excluding tert-OH is 1. The van der Waals surface area contributed by atoms with Crippen LogP contribution in [-0.4, -0.2) is 47.4 Å². The number of aromatic nitrogens is 2. The van der Waals surface area contributed by atoms with Gasteiger partial charge in [-0.25, -0.2) is 14.8 Å². The van der Waals surface area contributed by atoms with Crippen LogP contribution in [0.3, 0.4) is 0 Å². The number of esters is 1. The van der Waals surface area contributed by atoms with Crippen LogP contribution in [0.15, 0.2) is 12.4 Å². The lowest BCUT2D eigenvalue weighted by Crippen LogP contribution is -2.34. The summed E-state index contributed by atoms with van der Waals surface area (Å²) in [5.74, 6) is 0.239. The predicted octanol–water partition coefficient (Wildman–Crippen LogP) is 0.211. The Kier molecular flexibility index (Phi) is 5.86. The molecule has 100 valence electrons. The Labute approximate surface area is 105 Å². The van der Waals surface area contributed by atoms with Gasteiger partial charge in [-0.15, -0.1) is 0 Å². The van der Waals surface area contributed by atoms with Gasteiger partial charge in [0, 0.05) is 6.07 Å². The molecule has 0 fully saturated rings. The quantitative estimate of drug-likeness (QED) is 0.673. The molecule has 0 amide bonds. The Morgan fingerprint density at radius 1 is 1.56 bits per heavy atom. The van der Waals surface area contributed by atoms with Gasteiger partial charge in [0.15, 0.2) is 0 Å². The molecule has 0 aliphatic heterocycles. The highest BCUT2D eigenvalue weighted by Gasteiger charge is 2.18. The summed E-state index contributed by atoms with van der Waals surface area (Å²) in [5, 5.41) is 11.8. The minimum absolute atomic E-state index is 0.387. The van der Waals surface area contributed by atoms with Crippen LogP contribution in [0.25, 0.3) is 0 Å². The summed E-state index contributed by atoms with van der Waals surface area (Å²) in [5.41, 5.74) is 0. The lowest BCUT2D eigenvalue weighted by Gasteiger charge is -2.14. The molecule has 1 rings (SSSR count). The maximum atomic E-state index is 11.3. The van der Waals surface area contributed by atoms with E-state index in [9.17, 15) is 4.79 Å². The fourth-order valence-corrected chi connectivity index (χ4v) is 1.20. The number of carbonyl (C=O) groups excluding carboxylic acids is 1. The van der Waals surface area contributed by atoms with E-state index < -0.39 is 12.0 Å². The summed E-state index contributed by atoms with van der Waals surface area (Å²) in [6.07, 6.45) is 2.19. The first-order chi connectivity index (χ1) is 8.71. The van der Waals surface area contributed by atoms with E-state index in [4.69, 9.17) is 9.84 Å². The number of carbonyl (C=O) groups is 1. The van der Waals surface area contributed by atoms with Crippen molar-refractivity contribution in [1.82, 2.24) is 9.97 Å². The molecule has 0 aliphatic rings. The molecular weight excluding hydrogens is 238 g/mol. The van der Waals surface area contributed by atoms with Crippen LogP contribution in [0.5, 0.6) is 5.88 Å². The van der Waals surface area contributed by atoms with E-state index >= 15 is 0 Å². The third kappa shape index (κ3) is 4.17. The average Bonchev–Trinajstić information content (AvgIpc) is 2.42. The molecule has 0 bridgehead atoms. The predicted molar refractivity (Wildman–Crippen MR) is 64.3 cm³/mol. The fourth-order valence-electron chi connectivity index (χ4n) is 1.20. The van der Waals surface area contributed by atoms with Crippen LogP contribution >= 0.6 is 0 Å².